The molecule has 0 saturated carbocycles. The van der Waals surface area contributed by atoms with E-state index in [9.17, 15) is 0 Å². The van der Waals surface area contributed by atoms with Crippen LogP contribution in [-0.2, 0) is 0 Å². The van der Waals surface area contributed by atoms with Crippen LogP contribution in [-0.4, -0.2) is 10.5 Å². The van der Waals surface area contributed by atoms with Crippen LogP contribution in [0, 0.1) is 0 Å². The third kappa shape index (κ3) is 1.45. The summed E-state index contributed by atoms with van der Waals surface area (Å²) in [6.45, 7) is 0. The lowest BCUT2D eigenvalue weighted by atomic mass is 10.2. The minimum Gasteiger partial charge on any atom is -0.361 e. The van der Waals surface area contributed by atoms with Gasteiger partial charge in [0, 0.05) is 4.48 Å². The maximum atomic E-state index is 8.45. The molecule has 0 aliphatic heterocycles. The minimum atomic E-state index is 0.648. The van der Waals surface area contributed by atoms with E-state index in [0.717, 1.165) is 8.96 Å². The lowest BCUT2D eigenvalue weighted by molar-refractivity contribution is -0.00565. The summed E-state index contributed by atoms with van der Waals surface area (Å²) >= 11 is 6.56. The Labute approximate surface area is 75.5 Å². The Hall–Kier alpha value is -0.180. The van der Waals surface area contributed by atoms with Crippen LogP contribution in [0.1, 0.15) is 6.42 Å². The molecule has 0 unspecified atom stereocenters. The summed E-state index contributed by atoms with van der Waals surface area (Å²) in [7, 11) is 0. The summed E-state index contributed by atoms with van der Waals surface area (Å²) < 4.78 is 1.73. The molecule has 1 aliphatic rings. The molecule has 0 atom stereocenters. The van der Waals surface area contributed by atoms with Crippen molar-refractivity contribution in [1.82, 2.24) is 0 Å². The van der Waals surface area contributed by atoms with Gasteiger partial charge in [0.25, 0.3) is 0 Å². The first-order valence-corrected chi connectivity index (χ1v) is 4.27. The van der Waals surface area contributed by atoms with Crippen molar-refractivity contribution in [2.75, 3.05) is 0 Å². The molecule has 1 aliphatic carbocycles. The predicted octanol–water partition coefficient (Wildman–Crippen LogP) is 2.62. The SMILES string of the molecule is [N-]=[N+]=C1CC=CC(Br)=C1Br. The number of hydrogen-bond donors (Lipinski definition) is 0. The van der Waals surface area contributed by atoms with Crippen molar-refractivity contribution < 1.29 is 4.79 Å². The van der Waals surface area contributed by atoms with Gasteiger partial charge in [-0.15, -0.1) is 0 Å². The summed E-state index contributed by atoms with van der Waals surface area (Å²) in [5.74, 6) is 0. The molecule has 0 aromatic heterocycles. The van der Waals surface area contributed by atoms with Gasteiger partial charge in [-0.05, 0) is 37.9 Å². The van der Waals surface area contributed by atoms with Crippen molar-refractivity contribution in [3.05, 3.63) is 26.6 Å². The second-order valence-corrected chi connectivity index (χ2v) is 3.46. The van der Waals surface area contributed by atoms with E-state index in [-0.39, 0.29) is 0 Å². The quantitative estimate of drug-likeness (QED) is 0.476. The summed E-state index contributed by atoms with van der Waals surface area (Å²) in [6.07, 6.45) is 4.51. The Morgan fingerprint density at radius 1 is 1.50 bits per heavy atom. The zero-order chi connectivity index (χ0) is 7.56. The molecule has 52 valence electrons. The van der Waals surface area contributed by atoms with Gasteiger partial charge in [-0.25, -0.2) is 0 Å². The highest BCUT2D eigenvalue weighted by Crippen LogP contribution is 2.24. The molecule has 0 heterocycles. The minimum absolute atomic E-state index is 0.648. The first-order chi connectivity index (χ1) is 4.75. The van der Waals surface area contributed by atoms with Crippen LogP contribution in [0.15, 0.2) is 21.1 Å². The second-order valence-electron chi connectivity index (χ2n) is 1.82. The van der Waals surface area contributed by atoms with E-state index < -0.39 is 0 Å². The number of hydrogen-bond acceptors (Lipinski definition) is 0. The van der Waals surface area contributed by atoms with Crippen LogP contribution in [0.3, 0.4) is 0 Å². The van der Waals surface area contributed by atoms with Crippen molar-refractivity contribution in [2.24, 2.45) is 0 Å². The number of allylic oxidation sites excluding steroid dienone is 4. The molecule has 0 bridgehead atoms. The van der Waals surface area contributed by atoms with Gasteiger partial charge in [-0.1, -0.05) is 6.08 Å². The molecule has 10 heavy (non-hydrogen) atoms. The Kier molecular flexibility index (Phi) is 2.60. The summed E-state index contributed by atoms with van der Waals surface area (Å²) in [6, 6.07) is 0. The number of halogens is 2. The maximum Gasteiger partial charge on any atom is 0.310 e. The summed E-state index contributed by atoms with van der Waals surface area (Å²) in [5, 5.41) is 0. The number of rotatable bonds is 0. The van der Waals surface area contributed by atoms with Crippen molar-refractivity contribution in [2.45, 2.75) is 6.42 Å². The van der Waals surface area contributed by atoms with Gasteiger partial charge in [-0.3, -0.25) is 0 Å². The molecule has 2 nitrogen and oxygen atoms in total. The van der Waals surface area contributed by atoms with Gasteiger partial charge in [0.15, 0.2) is 0 Å². The second kappa shape index (κ2) is 3.28. The fourth-order valence-electron chi connectivity index (χ4n) is 0.659. The molecule has 0 radical (unpaired) electrons. The largest absolute Gasteiger partial charge is 0.361 e. The molecular formula is C6H4Br2N2. The first kappa shape index (κ1) is 7.92. The van der Waals surface area contributed by atoms with Crippen LogP contribution in [0.25, 0.3) is 5.53 Å². The summed E-state index contributed by atoms with van der Waals surface area (Å²) in [5.41, 5.74) is 9.10. The average Bonchev–Trinajstić information content (AvgIpc) is 1.95. The van der Waals surface area contributed by atoms with Crippen LogP contribution in [0.2, 0.25) is 0 Å². The van der Waals surface area contributed by atoms with Crippen LogP contribution >= 0.6 is 31.9 Å². The van der Waals surface area contributed by atoms with Crippen LogP contribution < -0.4 is 0 Å². The van der Waals surface area contributed by atoms with Crippen LogP contribution in [0.5, 0.6) is 0 Å². The molecule has 0 aromatic carbocycles. The van der Waals surface area contributed by atoms with Gasteiger partial charge in [-0.2, -0.15) is 4.79 Å². The molecule has 0 spiro atoms. The Morgan fingerprint density at radius 3 is 2.70 bits per heavy atom. The zero-order valence-corrected chi connectivity index (χ0v) is 8.18. The Balaban J connectivity index is 3.10. The van der Waals surface area contributed by atoms with Gasteiger partial charge >= 0.3 is 5.71 Å². The van der Waals surface area contributed by atoms with Crippen molar-refractivity contribution in [3.63, 3.8) is 0 Å². The lowest BCUT2D eigenvalue weighted by Gasteiger charge is -1.98. The van der Waals surface area contributed by atoms with Crippen LogP contribution in [0.4, 0.5) is 0 Å². The van der Waals surface area contributed by atoms with E-state index in [1.165, 1.54) is 0 Å². The van der Waals surface area contributed by atoms with Crippen molar-refractivity contribution in [3.8, 4) is 0 Å². The fourth-order valence-corrected chi connectivity index (χ4v) is 1.45. The molecule has 0 N–H and O–H groups in total. The highest BCUT2D eigenvalue weighted by atomic mass is 79.9. The zero-order valence-electron chi connectivity index (χ0n) is 5.01. The average molecular weight is 264 g/mol. The molecule has 0 fully saturated rings. The monoisotopic (exact) mass is 262 g/mol. The molecule has 0 amide bonds. The van der Waals surface area contributed by atoms with Gasteiger partial charge < -0.3 is 5.53 Å². The summed E-state index contributed by atoms with van der Waals surface area (Å²) in [4.78, 5) is 3.11. The Morgan fingerprint density at radius 2 is 2.20 bits per heavy atom. The third-order valence-corrected chi connectivity index (χ3v) is 3.24. The standard InChI is InChI=1S/C6H4Br2N2/c7-4-2-1-3-5(10-9)6(4)8/h1-2H,3H2. The van der Waals surface area contributed by atoms with E-state index in [2.05, 4.69) is 36.6 Å². The van der Waals surface area contributed by atoms with E-state index >= 15 is 0 Å². The van der Waals surface area contributed by atoms with Crippen molar-refractivity contribution >= 4 is 37.6 Å². The van der Waals surface area contributed by atoms with E-state index in [4.69, 9.17) is 5.53 Å². The predicted molar refractivity (Wildman–Crippen MR) is 47.3 cm³/mol. The smallest absolute Gasteiger partial charge is 0.310 e. The highest BCUT2D eigenvalue weighted by Gasteiger charge is 2.16. The normalized spacial score (nSPS) is 17.6. The molecular weight excluding hydrogens is 260 g/mol. The van der Waals surface area contributed by atoms with Crippen molar-refractivity contribution in [1.29, 1.82) is 0 Å². The van der Waals surface area contributed by atoms with E-state index in [0.29, 0.717) is 12.1 Å². The molecule has 1 rings (SSSR count). The van der Waals surface area contributed by atoms with Gasteiger partial charge in [0.1, 0.15) is 4.48 Å². The number of nitrogens with zero attached hydrogens (tertiary/aromatic N) is 2. The molecule has 0 aromatic rings. The fraction of sp³-hybridized carbons (Fsp3) is 0.167. The highest BCUT2D eigenvalue weighted by molar-refractivity contribution is 9.14. The van der Waals surface area contributed by atoms with Gasteiger partial charge in [0.2, 0.25) is 0 Å². The third-order valence-electron chi connectivity index (χ3n) is 1.16. The van der Waals surface area contributed by atoms with E-state index in [1.807, 2.05) is 12.2 Å². The maximum absolute atomic E-state index is 8.45. The Bertz CT molecular complexity index is 259. The van der Waals surface area contributed by atoms with Gasteiger partial charge in [0.05, 0.1) is 6.42 Å². The van der Waals surface area contributed by atoms with E-state index in [1.54, 1.807) is 0 Å². The lowest BCUT2D eigenvalue weighted by Crippen LogP contribution is -2.01. The molecule has 4 heteroatoms. The first-order valence-electron chi connectivity index (χ1n) is 2.69. The topological polar surface area (TPSA) is 36.4 Å². The molecule has 0 saturated heterocycles.